The molecule has 1 heterocycles. The van der Waals surface area contributed by atoms with Gasteiger partial charge in [0.05, 0.1) is 11.5 Å². The molecule has 6 nitrogen and oxygen atoms in total. The minimum Gasteiger partial charge on any atom is -0.349 e. The van der Waals surface area contributed by atoms with Crippen molar-refractivity contribution in [3.63, 3.8) is 0 Å². The van der Waals surface area contributed by atoms with Gasteiger partial charge in [-0.15, -0.1) is 0 Å². The van der Waals surface area contributed by atoms with Gasteiger partial charge in [-0.2, -0.15) is 28.1 Å². The number of carbonyl (C=O) groups excluding carboxylic acids is 1. The summed E-state index contributed by atoms with van der Waals surface area (Å²) in [7, 11) is 0. The van der Waals surface area contributed by atoms with E-state index in [2.05, 4.69) is 37.4 Å². The maximum absolute atomic E-state index is 12.7. The minimum absolute atomic E-state index is 0.0997. The molecule has 1 saturated carbocycles. The van der Waals surface area contributed by atoms with Crippen LogP contribution in [0.15, 0.2) is 0 Å². The monoisotopic (exact) mass is 359 g/mol. The van der Waals surface area contributed by atoms with Crippen LogP contribution in [0.3, 0.4) is 0 Å². The first-order chi connectivity index (χ1) is 11.7. The lowest BCUT2D eigenvalue weighted by atomic mass is 10.1. The Morgan fingerprint density at radius 2 is 1.80 bits per heavy atom. The molecule has 1 aromatic heterocycles. The second-order valence-electron chi connectivity index (χ2n) is 5.94. The van der Waals surface area contributed by atoms with Crippen molar-refractivity contribution in [1.82, 2.24) is 15.0 Å². The van der Waals surface area contributed by atoms with Crippen molar-refractivity contribution in [2.24, 2.45) is 5.41 Å². The summed E-state index contributed by atoms with van der Waals surface area (Å²) in [6.07, 6.45) is -2.52. The summed E-state index contributed by atoms with van der Waals surface area (Å²) in [4.78, 5) is 22.5. The van der Waals surface area contributed by atoms with Gasteiger partial charge in [0.25, 0.3) is 0 Å². The molecule has 10 heteroatoms. The molecule has 0 amide bonds. The first kappa shape index (κ1) is 18.9. The Morgan fingerprint density at radius 3 is 2.28 bits per heavy atom. The first-order valence-electron chi connectivity index (χ1n) is 7.59. The topological polar surface area (TPSA) is 79.8 Å². The number of nitrogens with zero attached hydrogens (tertiary/aromatic N) is 3. The Morgan fingerprint density at radius 1 is 1.20 bits per heavy atom. The predicted molar refractivity (Wildman–Crippen MR) is 82.6 cm³/mol. The normalized spacial score (nSPS) is 17.7. The maximum Gasteiger partial charge on any atom is 0.408 e. The number of rotatable bonds is 6. The number of alkyl halides is 4. The van der Waals surface area contributed by atoms with Crippen LogP contribution in [-0.4, -0.2) is 46.2 Å². The minimum atomic E-state index is -4.49. The van der Waals surface area contributed by atoms with Gasteiger partial charge in [-0.25, -0.2) is 4.39 Å². The molecule has 1 unspecified atom stereocenters. The molecule has 0 aliphatic heterocycles. The van der Waals surface area contributed by atoms with Crippen LogP contribution >= 0.6 is 0 Å². The third kappa shape index (κ3) is 5.27. The van der Waals surface area contributed by atoms with Crippen molar-refractivity contribution in [1.29, 1.82) is 0 Å². The van der Waals surface area contributed by atoms with Gasteiger partial charge in [0, 0.05) is 0 Å². The highest BCUT2D eigenvalue weighted by Gasteiger charge is 2.41. The first-order valence-corrected chi connectivity index (χ1v) is 7.59. The molecule has 0 radical (unpaired) electrons. The van der Waals surface area contributed by atoms with E-state index in [0.717, 1.165) is 13.2 Å². The van der Waals surface area contributed by atoms with E-state index in [1.54, 1.807) is 0 Å². The molecule has 0 saturated heterocycles. The van der Waals surface area contributed by atoms with Gasteiger partial charge in [0.15, 0.2) is 0 Å². The van der Waals surface area contributed by atoms with Gasteiger partial charge in [0.1, 0.15) is 19.0 Å². The molecule has 2 rings (SSSR count). The highest BCUT2D eigenvalue weighted by atomic mass is 19.4. The second kappa shape index (κ2) is 7.21. The SMILES string of the molecule is CC(CF)Nc1nc(C#CC2(C=O)CC2)nc(N[C@H](C)C(F)(F)F)n1. The fourth-order valence-electron chi connectivity index (χ4n) is 1.68. The molecule has 2 atom stereocenters. The number of aldehydes is 1. The number of anilines is 2. The quantitative estimate of drug-likeness (QED) is 0.461. The predicted octanol–water partition coefficient (Wildman–Crippen LogP) is 2.33. The zero-order chi connectivity index (χ0) is 18.7. The lowest BCUT2D eigenvalue weighted by Gasteiger charge is -2.18. The molecule has 0 bridgehead atoms. The zero-order valence-electron chi connectivity index (χ0n) is 13.6. The van der Waals surface area contributed by atoms with Crippen molar-refractivity contribution < 1.29 is 22.4 Å². The van der Waals surface area contributed by atoms with Gasteiger partial charge < -0.3 is 15.4 Å². The lowest BCUT2D eigenvalue weighted by Crippen LogP contribution is -2.34. The van der Waals surface area contributed by atoms with E-state index in [1.807, 2.05) is 0 Å². The van der Waals surface area contributed by atoms with Crippen LogP contribution < -0.4 is 10.6 Å². The van der Waals surface area contributed by atoms with E-state index in [1.165, 1.54) is 6.92 Å². The fourth-order valence-corrected chi connectivity index (χ4v) is 1.68. The van der Waals surface area contributed by atoms with Crippen LogP contribution in [0.25, 0.3) is 0 Å². The van der Waals surface area contributed by atoms with Crippen LogP contribution in [0.4, 0.5) is 29.5 Å². The Bertz CT molecular complexity index is 693. The average molecular weight is 359 g/mol. The smallest absolute Gasteiger partial charge is 0.349 e. The van der Waals surface area contributed by atoms with Crippen LogP contribution in [0.1, 0.15) is 32.5 Å². The number of hydrogen-bond acceptors (Lipinski definition) is 6. The second-order valence-corrected chi connectivity index (χ2v) is 5.94. The fraction of sp³-hybridized carbons (Fsp3) is 0.600. The third-order valence-electron chi connectivity index (χ3n) is 3.52. The standard InChI is InChI=1S/C15H17F4N5O/c1-9(7-16)20-12-22-11(3-4-14(8-25)5-6-14)23-13(24-12)21-10(2)15(17,18)19/h8-10H,5-7H2,1-2H3,(H2,20,21,22,23,24)/t9?,10-/m1/s1. The Hall–Kier alpha value is -2.44. The summed E-state index contributed by atoms with van der Waals surface area (Å²) in [5.74, 6) is 4.76. The van der Waals surface area contributed by atoms with Gasteiger partial charge in [-0.05, 0) is 32.6 Å². The Balaban J connectivity index is 2.29. The van der Waals surface area contributed by atoms with E-state index < -0.39 is 30.3 Å². The molecule has 0 spiro atoms. The van der Waals surface area contributed by atoms with E-state index in [0.29, 0.717) is 12.8 Å². The number of carbonyl (C=O) groups is 1. The van der Waals surface area contributed by atoms with Crippen molar-refractivity contribution in [3.05, 3.63) is 5.82 Å². The molecule has 0 aromatic carbocycles. The van der Waals surface area contributed by atoms with Crippen molar-refractivity contribution in [2.45, 2.75) is 44.9 Å². The molecule has 1 aliphatic carbocycles. The highest BCUT2D eigenvalue weighted by molar-refractivity contribution is 5.69. The maximum atomic E-state index is 12.7. The van der Waals surface area contributed by atoms with Crippen LogP contribution in [-0.2, 0) is 4.79 Å². The summed E-state index contributed by atoms with van der Waals surface area (Å²) in [5.41, 5.74) is -0.723. The van der Waals surface area contributed by atoms with E-state index in [-0.39, 0.29) is 17.7 Å². The highest BCUT2D eigenvalue weighted by Crippen LogP contribution is 2.42. The van der Waals surface area contributed by atoms with Gasteiger partial charge in [0.2, 0.25) is 17.7 Å². The summed E-state index contributed by atoms with van der Waals surface area (Å²) in [5, 5.41) is 4.74. The molecule has 1 aliphatic rings. The summed E-state index contributed by atoms with van der Waals surface area (Å²) in [6.45, 7) is 1.72. The van der Waals surface area contributed by atoms with E-state index in [4.69, 9.17) is 0 Å². The lowest BCUT2D eigenvalue weighted by molar-refractivity contribution is -0.138. The van der Waals surface area contributed by atoms with Crippen LogP contribution in [0.5, 0.6) is 0 Å². The molecule has 2 N–H and O–H groups in total. The summed E-state index contributed by atoms with van der Waals surface area (Å²) in [6, 6.07) is -2.53. The van der Waals surface area contributed by atoms with Crippen molar-refractivity contribution in [2.75, 3.05) is 17.3 Å². The zero-order valence-corrected chi connectivity index (χ0v) is 13.6. The number of aromatic nitrogens is 3. The summed E-state index contributed by atoms with van der Waals surface area (Å²) < 4.78 is 50.7. The van der Waals surface area contributed by atoms with Gasteiger partial charge in [-0.1, -0.05) is 5.92 Å². The largest absolute Gasteiger partial charge is 0.408 e. The van der Waals surface area contributed by atoms with E-state index in [9.17, 15) is 22.4 Å². The molecular weight excluding hydrogens is 342 g/mol. The molecular formula is C15H17F4N5O. The molecule has 1 aromatic rings. The van der Waals surface area contributed by atoms with Crippen LogP contribution in [0.2, 0.25) is 0 Å². The summed E-state index contributed by atoms with van der Waals surface area (Å²) >= 11 is 0. The molecule has 25 heavy (non-hydrogen) atoms. The molecule has 136 valence electrons. The van der Waals surface area contributed by atoms with Crippen molar-refractivity contribution in [3.8, 4) is 11.8 Å². The third-order valence-corrected chi connectivity index (χ3v) is 3.52. The number of nitrogens with one attached hydrogen (secondary N) is 2. The Kier molecular flexibility index (Phi) is 5.45. The van der Waals surface area contributed by atoms with Gasteiger partial charge >= 0.3 is 6.18 Å². The average Bonchev–Trinajstić information content (AvgIpc) is 3.32. The van der Waals surface area contributed by atoms with Gasteiger partial charge in [-0.3, -0.25) is 0 Å². The van der Waals surface area contributed by atoms with Crippen LogP contribution in [0, 0.1) is 17.3 Å². The Labute approximate surface area is 141 Å². The van der Waals surface area contributed by atoms with E-state index >= 15 is 0 Å². The number of hydrogen-bond donors (Lipinski definition) is 2. The molecule has 1 fully saturated rings. The van der Waals surface area contributed by atoms with Crippen molar-refractivity contribution >= 4 is 18.2 Å². The number of halogens is 4.